The molecule has 4 heteroatoms. The number of hydrogen-bond donors (Lipinski definition) is 1. The first-order valence-electron chi connectivity index (χ1n) is 6.04. The van der Waals surface area contributed by atoms with Crippen LogP contribution in [0.4, 0.5) is 0 Å². The second kappa shape index (κ2) is 4.83. The van der Waals surface area contributed by atoms with Crippen molar-refractivity contribution in [1.82, 2.24) is 10.2 Å². The topological polar surface area (TPSA) is 39.1 Å². The fourth-order valence-electron chi connectivity index (χ4n) is 2.26. The van der Waals surface area contributed by atoms with Gasteiger partial charge in [-0.05, 0) is 17.7 Å². The lowest BCUT2D eigenvalue weighted by atomic mass is 9.98. The monoisotopic (exact) mass is 269 g/mol. The molecule has 0 fully saturated rings. The third kappa shape index (κ3) is 2.23. The molecule has 0 spiro atoms. The fourth-order valence-corrected chi connectivity index (χ4v) is 2.45. The number of nitriles is 1. The van der Waals surface area contributed by atoms with Gasteiger partial charge in [-0.1, -0.05) is 41.9 Å². The molecular weight excluding hydrogens is 258 g/mol. The van der Waals surface area contributed by atoms with E-state index in [1.165, 1.54) is 0 Å². The number of hydrogen-bond acceptors (Lipinski definition) is 3. The molecule has 2 aliphatic rings. The van der Waals surface area contributed by atoms with Crippen LogP contribution in [0.2, 0.25) is 0 Å². The summed E-state index contributed by atoms with van der Waals surface area (Å²) in [5.74, 6) is 0.682. The van der Waals surface area contributed by atoms with E-state index in [2.05, 4.69) is 11.4 Å². The van der Waals surface area contributed by atoms with Crippen molar-refractivity contribution in [3.63, 3.8) is 0 Å². The molecule has 0 radical (unpaired) electrons. The third-order valence-electron chi connectivity index (χ3n) is 3.19. The number of nitrogens with one attached hydrogen (secondary N) is 1. The van der Waals surface area contributed by atoms with Crippen LogP contribution in [0.1, 0.15) is 11.5 Å². The van der Waals surface area contributed by atoms with Gasteiger partial charge in [0.2, 0.25) is 0 Å². The average Bonchev–Trinajstić information content (AvgIpc) is 2.83. The molecule has 0 amide bonds. The average molecular weight is 270 g/mol. The molecule has 1 aromatic rings. The molecule has 2 aliphatic heterocycles. The summed E-state index contributed by atoms with van der Waals surface area (Å²) in [4.78, 5) is 2.02. The van der Waals surface area contributed by atoms with Crippen LogP contribution in [0.25, 0.3) is 0 Å². The quantitative estimate of drug-likeness (QED) is 0.897. The minimum absolute atomic E-state index is 0.286. The number of allylic oxidation sites excluding steroid dienone is 3. The van der Waals surface area contributed by atoms with Gasteiger partial charge in [0.1, 0.15) is 11.7 Å². The summed E-state index contributed by atoms with van der Waals surface area (Å²) >= 11 is 6.01. The maximum absolute atomic E-state index is 9.42. The molecule has 19 heavy (non-hydrogen) atoms. The first-order valence-corrected chi connectivity index (χ1v) is 6.42. The molecule has 0 saturated carbocycles. The maximum Gasteiger partial charge on any atom is 0.113 e. The van der Waals surface area contributed by atoms with Crippen molar-refractivity contribution >= 4 is 11.6 Å². The maximum atomic E-state index is 9.42. The summed E-state index contributed by atoms with van der Waals surface area (Å²) < 4.78 is 0. The van der Waals surface area contributed by atoms with Crippen molar-refractivity contribution in [1.29, 1.82) is 5.26 Å². The second-order valence-corrected chi connectivity index (χ2v) is 4.96. The van der Waals surface area contributed by atoms with E-state index in [9.17, 15) is 5.26 Å². The zero-order valence-corrected chi connectivity index (χ0v) is 10.9. The second-order valence-electron chi connectivity index (χ2n) is 4.48. The van der Waals surface area contributed by atoms with Crippen LogP contribution in [-0.2, 0) is 0 Å². The molecule has 1 atom stereocenters. The van der Waals surface area contributed by atoms with Crippen molar-refractivity contribution in [3.8, 4) is 6.07 Å². The van der Waals surface area contributed by atoms with E-state index >= 15 is 0 Å². The van der Waals surface area contributed by atoms with Gasteiger partial charge in [-0.25, -0.2) is 0 Å². The Morgan fingerprint density at radius 2 is 2.05 bits per heavy atom. The SMILES string of the molecule is N#CC(C1=CN2CC(Cl)=CC=C2N1)c1ccccc1. The Kier molecular flexibility index (Phi) is 3.02. The minimum Gasteiger partial charge on any atom is -0.342 e. The summed E-state index contributed by atoms with van der Waals surface area (Å²) in [5, 5.41) is 13.5. The molecule has 94 valence electrons. The van der Waals surface area contributed by atoms with E-state index in [1.54, 1.807) is 0 Å². The van der Waals surface area contributed by atoms with Gasteiger partial charge in [0.15, 0.2) is 0 Å². The fraction of sp³-hybridized carbons (Fsp3) is 0.133. The lowest BCUT2D eigenvalue weighted by Gasteiger charge is -2.20. The summed E-state index contributed by atoms with van der Waals surface area (Å²) in [6.45, 7) is 0.650. The predicted octanol–water partition coefficient (Wildman–Crippen LogP) is 3.02. The van der Waals surface area contributed by atoms with E-state index in [0.29, 0.717) is 6.54 Å². The van der Waals surface area contributed by atoms with Gasteiger partial charge in [0, 0.05) is 11.2 Å². The molecule has 0 aromatic heterocycles. The predicted molar refractivity (Wildman–Crippen MR) is 74.7 cm³/mol. The summed E-state index contributed by atoms with van der Waals surface area (Å²) in [6.07, 6.45) is 5.76. The van der Waals surface area contributed by atoms with Gasteiger partial charge in [-0.2, -0.15) is 5.26 Å². The largest absolute Gasteiger partial charge is 0.342 e. The molecule has 0 saturated heterocycles. The Bertz CT molecular complexity index is 623. The number of halogens is 1. The van der Waals surface area contributed by atoms with Crippen LogP contribution < -0.4 is 5.32 Å². The zero-order valence-electron chi connectivity index (χ0n) is 10.2. The van der Waals surface area contributed by atoms with Crippen molar-refractivity contribution in [2.24, 2.45) is 0 Å². The van der Waals surface area contributed by atoms with Gasteiger partial charge < -0.3 is 10.2 Å². The molecule has 0 bridgehead atoms. The molecule has 3 rings (SSSR count). The lowest BCUT2D eigenvalue weighted by Crippen LogP contribution is -2.23. The third-order valence-corrected chi connectivity index (χ3v) is 3.44. The van der Waals surface area contributed by atoms with Crippen molar-refractivity contribution < 1.29 is 0 Å². The van der Waals surface area contributed by atoms with Crippen LogP contribution >= 0.6 is 11.6 Å². The highest BCUT2D eigenvalue weighted by Gasteiger charge is 2.26. The zero-order chi connectivity index (χ0) is 13.2. The first-order chi connectivity index (χ1) is 9.28. The lowest BCUT2D eigenvalue weighted by molar-refractivity contribution is 0.508. The molecule has 1 aromatic carbocycles. The number of benzene rings is 1. The molecule has 3 nitrogen and oxygen atoms in total. The number of fused-ring (bicyclic) bond motifs is 1. The minimum atomic E-state index is -0.286. The van der Waals surface area contributed by atoms with Crippen LogP contribution in [-0.4, -0.2) is 11.4 Å². The van der Waals surface area contributed by atoms with E-state index in [-0.39, 0.29) is 5.92 Å². The van der Waals surface area contributed by atoms with Crippen molar-refractivity contribution in [2.75, 3.05) is 6.54 Å². The van der Waals surface area contributed by atoms with Gasteiger partial charge in [0.25, 0.3) is 0 Å². The highest BCUT2D eigenvalue weighted by Crippen LogP contribution is 2.30. The van der Waals surface area contributed by atoms with E-state index < -0.39 is 0 Å². The molecule has 2 heterocycles. The number of rotatable bonds is 2. The molecule has 1 N–H and O–H groups in total. The van der Waals surface area contributed by atoms with Crippen LogP contribution in [0.3, 0.4) is 0 Å². The van der Waals surface area contributed by atoms with Gasteiger partial charge in [0.05, 0.1) is 18.3 Å². The highest BCUT2D eigenvalue weighted by atomic mass is 35.5. The Labute approximate surface area is 117 Å². The first kappa shape index (κ1) is 11.9. The van der Waals surface area contributed by atoms with E-state index in [0.717, 1.165) is 22.1 Å². The van der Waals surface area contributed by atoms with E-state index in [4.69, 9.17) is 11.6 Å². The Morgan fingerprint density at radius 3 is 2.79 bits per heavy atom. The molecule has 1 unspecified atom stereocenters. The van der Waals surface area contributed by atoms with Crippen LogP contribution in [0.15, 0.2) is 65.2 Å². The van der Waals surface area contributed by atoms with Gasteiger partial charge in [-0.15, -0.1) is 0 Å². The van der Waals surface area contributed by atoms with Crippen LogP contribution in [0, 0.1) is 11.3 Å². The molecular formula is C15H12ClN3. The van der Waals surface area contributed by atoms with Gasteiger partial charge in [-0.3, -0.25) is 0 Å². The Hall–Kier alpha value is -2.18. The van der Waals surface area contributed by atoms with Crippen molar-refractivity contribution in [3.05, 3.63) is 70.8 Å². The number of nitrogens with zero attached hydrogens (tertiary/aromatic N) is 2. The summed E-state index contributed by atoms with van der Waals surface area (Å²) in [6, 6.07) is 12.1. The van der Waals surface area contributed by atoms with Gasteiger partial charge >= 0.3 is 0 Å². The Balaban J connectivity index is 1.88. The standard InChI is InChI=1S/C15H12ClN3/c16-12-6-7-15-18-14(10-19(15)9-12)13(8-17)11-4-2-1-3-5-11/h1-7,10,13,18H,9H2. The Morgan fingerprint density at radius 1 is 1.26 bits per heavy atom. The van der Waals surface area contributed by atoms with E-state index in [1.807, 2.05) is 53.6 Å². The highest BCUT2D eigenvalue weighted by molar-refractivity contribution is 6.30. The smallest absolute Gasteiger partial charge is 0.113 e. The molecule has 0 aliphatic carbocycles. The normalized spacial score (nSPS) is 18.5. The van der Waals surface area contributed by atoms with Crippen LogP contribution in [0.5, 0.6) is 0 Å². The van der Waals surface area contributed by atoms with Crippen molar-refractivity contribution in [2.45, 2.75) is 5.92 Å². The summed E-state index contributed by atoms with van der Waals surface area (Å²) in [5.41, 5.74) is 1.88. The summed E-state index contributed by atoms with van der Waals surface area (Å²) in [7, 11) is 0.